The molecule has 2 aromatic carbocycles. The van der Waals surface area contributed by atoms with Gasteiger partial charge in [0.2, 0.25) is 0 Å². The molecular weight excluding hydrogens is 212 g/mol. The maximum Gasteiger partial charge on any atom is 0.152 e. The number of nitrogens with one attached hydrogen (secondary N) is 1. The Labute approximate surface area is 98.5 Å². The van der Waals surface area contributed by atoms with E-state index in [9.17, 15) is 0 Å². The van der Waals surface area contributed by atoms with Crippen molar-refractivity contribution in [2.75, 3.05) is 0 Å². The number of nitrogens with two attached hydrogens (primary N) is 1. The van der Waals surface area contributed by atoms with Crippen LogP contribution in [0, 0.1) is 0 Å². The minimum Gasteiger partial charge on any atom is -0.454 e. The second-order valence-electron chi connectivity index (χ2n) is 3.93. The molecule has 0 spiro atoms. The van der Waals surface area contributed by atoms with Crippen LogP contribution >= 0.6 is 0 Å². The van der Waals surface area contributed by atoms with Crippen molar-refractivity contribution in [3.05, 3.63) is 54.8 Å². The molecule has 3 nitrogen and oxygen atoms in total. The van der Waals surface area contributed by atoms with E-state index in [4.69, 9.17) is 10.3 Å². The lowest BCUT2D eigenvalue weighted by Gasteiger charge is -1.97. The molecule has 0 unspecified atom stereocenters. The van der Waals surface area contributed by atoms with Gasteiger partial charge in [0.1, 0.15) is 5.58 Å². The first-order valence-corrected chi connectivity index (χ1v) is 5.37. The second-order valence-corrected chi connectivity index (χ2v) is 3.93. The maximum atomic E-state index is 5.69. The van der Waals surface area contributed by atoms with Gasteiger partial charge in [-0.2, -0.15) is 0 Å². The smallest absolute Gasteiger partial charge is 0.152 e. The highest BCUT2D eigenvalue weighted by atomic mass is 16.3. The van der Waals surface area contributed by atoms with Crippen molar-refractivity contribution < 1.29 is 4.42 Å². The summed E-state index contributed by atoms with van der Waals surface area (Å²) in [6.07, 6.45) is 0. The molecule has 3 rings (SSSR count). The predicted octanol–water partition coefficient (Wildman–Crippen LogP) is 3.02. The summed E-state index contributed by atoms with van der Waals surface area (Å²) in [5.74, 6) is 5.99. The zero-order valence-corrected chi connectivity index (χ0v) is 9.23. The molecule has 1 heterocycles. The lowest BCUT2D eigenvalue weighted by atomic mass is 10.1. The maximum absolute atomic E-state index is 5.69. The van der Waals surface area contributed by atoms with Gasteiger partial charge >= 0.3 is 0 Å². The number of benzene rings is 2. The van der Waals surface area contributed by atoms with E-state index in [-0.39, 0.29) is 0 Å². The van der Waals surface area contributed by atoms with Crippen LogP contribution in [0.15, 0.2) is 53.5 Å². The lowest BCUT2D eigenvalue weighted by Crippen LogP contribution is -2.18. The fraction of sp³-hybridized carbons (Fsp3) is 0. The van der Waals surface area contributed by atoms with Gasteiger partial charge in [-0.25, -0.2) is 0 Å². The molecule has 0 amide bonds. The van der Waals surface area contributed by atoms with Crippen molar-refractivity contribution in [3.8, 4) is 0 Å². The summed E-state index contributed by atoms with van der Waals surface area (Å²) in [6.45, 7) is 3.79. The predicted molar refractivity (Wildman–Crippen MR) is 70.1 cm³/mol. The van der Waals surface area contributed by atoms with Gasteiger partial charge in [-0.15, -0.1) is 0 Å². The highest BCUT2D eigenvalue weighted by molar-refractivity contribution is 6.06. The Bertz CT molecular complexity index is 712. The van der Waals surface area contributed by atoms with Crippen LogP contribution < -0.4 is 11.3 Å². The van der Waals surface area contributed by atoms with Crippen molar-refractivity contribution in [1.82, 2.24) is 5.43 Å². The van der Waals surface area contributed by atoms with Gasteiger partial charge in [0.15, 0.2) is 5.76 Å². The van der Waals surface area contributed by atoms with Crippen molar-refractivity contribution in [1.29, 1.82) is 0 Å². The Morgan fingerprint density at radius 3 is 2.76 bits per heavy atom. The van der Waals surface area contributed by atoms with E-state index in [0.717, 1.165) is 11.0 Å². The Hall–Kier alpha value is -2.26. The average molecular weight is 224 g/mol. The summed E-state index contributed by atoms with van der Waals surface area (Å²) in [4.78, 5) is 0. The molecular formula is C14H12N2O. The normalized spacial score (nSPS) is 10.9. The first kappa shape index (κ1) is 9.93. The van der Waals surface area contributed by atoms with Crippen LogP contribution in [0.2, 0.25) is 0 Å². The SMILES string of the molecule is C=C(NN)c1cc2c(ccc3ccccc32)o1. The lowest BCUT2D eigenvalue weighted by molar-refractivity contribution is 0.593. The van der Waals surface area contributed by atoms with Crippen LogP contribution in [-0.4, -0.2) is 0 Å². The van der Waals surface area contributed by atoms with Crippen LogP contribution in [0.3, 0.4) is 0 Å². The minimum absolute atomic E-state index is 0.574. The molecule has 0 saturated heterocycles. The summed E-state index contributed by atoms with van der Waals surface area (Å²) in [5, 5.41) is 3.44. The van der Waals surface area contributed by atoms with Gasteiger partial charge in [-0.05, 0) is 22.9 Å². The highest BCUT2D eigenvalue weighted by Crippen LogP contribution is 2.29. The number of hydrazine groups is 1. The van der Waals surface area contributed by atoms with Crippen molar-refractivity contribution in [2.24, 2.45) is 5.84 Å². The third kappa shape index (κ3) is 1.48. The fourth-order valence-corrected chi connectivity index (χ4v) is 2.01. The van der Waals surface area contributed by atoms with E-state index >= 15 is 0 Å². The molecule has 0 saturated carbocycles. The molecule has 0 aliphatic carbocycles. The number of furan rings is 1. The standard InChI is InChI=1S/C14H12N2O/c1-9(16-15)14-8-12-11-5-3-2-4-10(11)6-7-13(12)17-14/h2-8,16H,1,15H2. The summed E-state index contributed by atoms with van der Waals surface area (Å²) in [5.41, 5.74) is 3.92. The van der Waals surface area contributed by atoms with Gasteiger partial charge < -0.3 is 9.84 Å². The molecule has 0 atom stereocenters. The first-order valence-electron chi connectivity index (χ1n) is 5.37. The van der Waals surface area contributed by atoms with Crippen LogP contribution in [0.1, 0.15) is 5.76 Å². The van der Waals surface area contributed by atoms with E-state index in [1.807, 2.05) is 30.3 Å². The minimum atomic E-state index is 0.574. The quantitative estimate of drug-likeness (QED) is 0.519. The summed E-state index contributed by atoms with van der Waals surface area (Å²) in [6, 6.07) is 14.2. The molecule has 0 aliphatic rings. The molecule has 3 heteroatoms. The van der Waals surface area contributed by atoms with Crippen LogP contribution in [0.4, 0.5) is 0 Å². The Kier molecular flexibility index (Phi) is 2.13. The number of rotatable bonds is 2. The molecule has 0 aliphatic heterocycles. The van der Waals surface area contributed by atoms with Gasteiger partial charge in [0, 0.05) is 5.39 Å². The van der Waals surface area contributed by atoms with E-state index < -0.39 is 0 Å². The molecule has 3 aromatic rings. The Morgan fingerprint density at radius 2 is 1.94 bits per heavy atom. The summed E-state index contributed by atoms with van der Waals surface area (Å²) < 4.78 is 5.69. The average Bonchev–Trinajstić information content (AvgIpc) is 2.82. The van der Waals surface area contributed by atoms with Crippen molar-refractivity contribution in [3.63, 3.8) is 0 Å². The Balaban J connectivity index is 2.35. The topological polar surface area (TPSA) is 51.2 Å². The second kappa shape index (κ2) is 3.64. The van der Waals surface area contributed by atoms with Crippen molar-refractivity contribution in [2.45, 2.75) is 0 Å². The van der Waals surface area contributed by atoms with Gasteiger partial charge in [0.05, 0.1) is 5.70 Å². The summed E-state index contributed by atoms with van der Waals surface area (Å²) in [7, 11) is 0. The molecule has 0 fully saturated rings. The van der Waals surface area contributed by atoms with E-state index in [1.54, 1.807) is 0 Å². The van der Waals surface area contributed by atoms with E-state index in [0.29, 0.717) is 11.5 Å². The molecule has 17 heavy (non-hydrogen) atoms. The van der Waals surface area contributed by atoms with Gasteiger partial charge in [-0.3, -0.25) is 5.84 Å². The third-order valence-electron chi connectivity index (χ3n) is 2.90. The van der Waals surface area contributed by atoms with Crippen LogP contribution in [0.5, 0.6) is 0 Å². The summed E-state index contributed by atoms with van der Waals surface area (Å²) >= 11 is 0. The number of hydrogen-bond acceptors (Lipinski definition) is 3. The highest BCUT2D eigenvalue weighted by Gasteiger charge is 2.08. The van der Waals surface area contributed by atoms with Crippen LogP contribution in [0.25, 0.3) is 27.4 Å². The van der Waals surface area contributed by atoms with E-state index in [2.05, 4.69) is 24.1 Å². The number of fused-ring (bicyclic) bond motifs is 3. The van der Waals surface area contributed by atoms with E-state index in [1.165, 1.54) is 10.8 Å². The molecule has 0 radical (unpaired) electrons. The molecule has 1 aromatic heterocycles. The first-order chi connectivity index (χ1) is 8.29. The van der Waals surface area contributed by atoms with Crippen molar-refractivity contribution >= 4 is 27.4 Å². The number of hydrogen-bond donors (Lipinski definition) is 2. The zero-order valence-electron chi connectivity index (χ0n) is 9.23. The fourth-order valence-electron chi connectivity index (χ4n) is 2.01. The Morgan fingerprint density at radius 1 is 1.12 bits per heavy atom. The third-order valence-corrected chi connectivity index (χ3v) is 2.90. The largest absolute Gasteiger partial charge is 0.454 e. The molecule has 0 bridgehead atoms. The van der Waals surface area contributed by atoms with Gasteiger partial charge in [0.25, 0.3) is 0 Å². The zero-order chi connectivity index (χ0) is 11.8. The molecule has 3 N–H and O–H groups in total. The monoisotopic (exact) mass is 224 g/mol. The molecule has 84 valence electrons. The van der Waals surface area contributed by atoms with Crippen LogP contribution in [-0.2, 0) is 0 Å². The van der Waals surface area contributed by atoms with Gasteiger partial charge in [-0.1, -0.05) is 36.9 Å².